The van der Waals surface area contributed by atoms with Crippen LogP contribution in [0.5, 0.6) is 0 Å². The summed E-state index contributed by atoms with van der Waals surface area (Å²) in [4.78, 5) is 22.6. The monoisotopic (exact) mass is 256 g/mol. The van der Waals surface area contributed by atoms with Gasteiger partial charge < -0.3 is 16.2 Å². The zero-order valence-corrected chi connectivity index (χ0v) is 11.0. The molecule has 5 nitrogen and oxygen atoms in total. The first-order valence-electron chi connectivity index (χ1n) is 6.83. The molecule has 0 saturated heterocycles. The standard InChI is InChI=1S/C13H24N2O3/c1-2-3-4-11(14)12(16)15-10-7-5-9(6-8-10)13(17)18/h9-11H,2-8,14H2,1H3,(H,15,16)(H,17,18). The van der Waals surface area contributed by atoms with Crippen LogP contribution in [-0.2, 0) is 9.59 Å². The first-order valence-corrected chi connectivity index (χ1v) is 6.83. The minimum absolute atomic E-state index is 0.0952. The van der Waals surface area contributed by atoms with Crippen LogP contribution in [0.15, 0.2) is 0 Å². The van der Waals surface area contributed by atoms with Gasteiger partial charge in [-0.05, 0) is 32.1 Å². The second kappa shape index (κ2) is 7.36. The molecule has 104 valence electrons. The molecule has 0 radical (unpaired) electrons. The summed E-state index contributed by atoms with van der Waals surface area (Å²) >= 11 is 0. The maximum Gasteiger partial charge on any atom is 0.306 e. The van der Waals surface area contributed by atoms with Crippen LogP contribution in [0.2, 0.25) is 0 Å². The molecule has 0 aromatic rings. The van der Waals surface area contributed by atoms with Crippen LogP contribution in [-0.4, -0.2) is 29.1 Å². The van der Waals surface area contributed by atoms with Gasteiger partial charge in [0, 0.05) is 6.04 Å². The lowest BCUT2D eigenvalue weighted by Gasteiger charge is -2.27. The van der Waals surface area contributed by atoms with Crippen molar-refractivity contribution in [1.82, 2.24) is 5.32 Å². The Kier molecular flexibility index (Phi) is 6.12. The second-order valence-electron chi connectivity index (χ2n) is 5.14. The van der Waals surface area contributed by atoms with Crippen molar-refractivity contribution in [3.8, 4) is 0 Å². The molecule has 0 aromatic carbocycles. The summed E-state index contributed by atoms with van der Waals surface area (Å²) in [6.45, 7) is 2.07. The molecule has 0 aliphatic heterocycles. The fourth-order valence-corrected chi connectivity index (χ4v) is 2.35. The van der Waals surface area contributed by atoms with Gasteiger partial charge in [0.25, 0.3) is 0 Å². The van der Waals surface area contributed by atoms with Gasteiger partial charge in [-0.1, -0.05) is 19.8 Å². The van der Waals surface area contributed by atoms with Crippen LogP contribution in [0.3, 0.4) is 0 Å². The molecule has 1 amide bonds. The van der Waals surface area contributed by atoms with E-state index in [1.807, 2.05) is 0 Å². The van der Waals surface area contributed by atoms with Crippen LogP contribution in [0.25, 0.3) is 0 Å². The Morgan fingerprint density at radius 1 is 1.33 bits per heavy atom. The molecular weight excluding hydrogens is 232 g/mol. The van der Waals surface area contributed by atoms with Crippen molar-refractivity contribution in [2.24, 2.45) is 11.7 Å². The van der Waals surface area contributed by atoms with Crippen molar-refractivity contribution in [3.05, 3.63) is 0 Å². The molecular formula is C13H24N2O3. The summed E-state index contributed by atoms with van der Waals surface area (Å²) in [6, 6.07) is -0.331. The van der Waals surface area contributed by atoms with E-state index >= 15 is 0 Å². The van der Waals surface area contributed by atoms with E-state index in [1.54, 1.807) is 0 Å². The molecule has 1 atom stereocenters. The van der Waals surface area contributed by atoms with Crippen molar-refractivity contribution in [2.75, 3.05) is 0 Å². The number of carbonyl (C=O) groups is 2. The van der Waals surface area contributed by atoms with Gasteiger partial charge in [0.15, 0.2) is 0 Å². The largest absolute Gasteiger partial charge is 0.481 e. The van der Waals surface area contributed by atoms with E-state index < -0.39 is 12.0 Å². The lowest BCUT2D eigenvalue weighted by atomic mass is 9.86. The highest BCUT2D eigenvalue weighted by Crippen LogP contribution is 2.24. The third kappa shape index (κ3) is 4.64. The van der Waals surface area contributed by atoms with E-state index in [9.17, 15) is 9.59 Å². The van der Waals surface area contributed by atoms with Crippen molar-refractivity contribution >= 4 is 11.9 Å². The zero-order valence-electron chi connectivity index (χ0n) is 11.0. The number of hydrogen-bond acceptors (Lipinski definition) is 3. The lowest BCUT2D eigenvalue weighted by Crippen LogP contribution is -2.46. The summed E-state index contributed by atoms with van der Waals surface area (Å²) in [7, 11) is 0. The summed E-state index contributed by atoms with van der Waals surface area (Å²) in [5.74, 6) is -1.06. The Hall–Kier alpha value is -1.10. The third-order valence-electron chi connectivity index (χ3n) is 3.63. The zero-order chi connectivity index (χ0) is 13.5. The van der Waals surface area contributed by atoms with E-state index in [1.165, 1.54) is 0 Å². The Morgan fingerprint density at radius 3 is 2.44 bits per heavy atom. The van der Waals surface area contributed by atoms with Crippen LogP contribution < -0.4 is 11.1 Å². The molecule has 1 saturated carbocycles. The number of carboxylic acid groups (broad SMARTS) is 1. The number of nitrogens with two attached hydrogens (primary N) is 1. The van der Waals surface area contributed by atoms with E-state index in [4.69, 9.17) is 10.8 Å². The number of carboxylic acids is 1. The van der Waals surface area contributed by atoms with Crippen LogP contribution in [0.1, 0.15) is 51.9 Å². The average molecular weight is 256 g/mol. The predicted octanol–water partition coefficient (Wildman–Crippen LogP) is 1.26. The highest BCUT2D eigenvalue weighted by Gasteiger charge is 2.27. The predicted molar refractivity (Wildman–Crippen MR) is 69.0 cm³/mol. The molecule has 0 spiro atoms. The van der Waals surface area contributed by atoms with Gasteiger partial charge in [-0.25, -0.2) is 0 Å². The van der Waals surface area contributed by atoms with Gasteiger partial charge >= 0.3 is 5.97 Å². The summed E-state index contributed by atoms with van der Waals surface area (Å²) in [6.07, 6.45) is 5.47. The van der Waals surface area contributed by atoms with E-state index in [2.05, 4.69) is 12.2 Å². The molecule has 0 aromatic heterocycles. The maximum absolute atomic E-state index is 11.8. The highest BCUT2D eigenvalue weighted by molar-refractivity contribution is 5.81. The second-order valence-corrected chi connectivity index (χ2v) is 5.14. The molecule has 0 bridgehead atoms. The Balaban J connectivity index is 2.27. The van der Waals surface area contributed by atoms with Crippen molar-refractivity contribution < 1.29 is 14.7 Å². The molecule has 0 heterocycles. The van der Waals surface area contributed by atoms with Crippen molar-refractivity contribution in [2.45, 2.75) is 64.0 Å². The van der Waals surface area contributed by atoms with Gasteiger partial charge in [0.1, 0.15) is 0 Å². The topological polar surface area (TPSA) is 92.4 Å². The Morgan fingerprint density at radius 2 is 1.94 bits per heavy atom. The lowest BCUT2D eigenvalue weighted by molar-refractivity contribution is -0.142. The number of nitrogens with one attached hydrogen (secondary N) is 1. The van der Waals surface area contributed by atoms with Gasteiger partial charge in [0.05, 0.1) is 12.0 Å². The Labute approximate surface area is 108 Å². The molecule has 1 aliphatic rings. The molecule has 4 N–H and O–H groups in total. The van der Waals surface area contributed by atoms with Gasteiger partial charge in [0.2, 0.25) is 5.91 Å². The number of hydrogen-bond donors (Lipinski definition) is 3. The number of amides is 1. The maximum atomic E-state index is 11.8. The molecule has 18 heavy (non-hydrogen) atoms. The number of rotatable bonds is 6. The molecule has 1 fully saturated rings. The van der Waals surface area contributed by atoms with Crippen LogP contribution in [0, 0.1) is 5.92 Å². The van der Waals surface area contributed by atoms with Crippen molar-refractivity contribution in [3.63, 3.8) is 0 Å². The van der Waals surface area contributed by atoms with Crippen LogP contribution >= 0.6 is 0 Å². The fourth-order valence-electron chi connectivity index (χ4n) is 2.35. The summed E-state index contributed by atoms with van der Waals surface area (Å²) < 4.78 is 0. The summed E-state index contributed by atoms with van der Waals surface area (Å²) in [5, 5.41) is 11.8. The van der Waals surface area contributed by atoms with E-state index in [0.29, 0.717) is 19.3 Å². The Bertz CT molecular complexity index is 286. The van der Waals surface area contributed by atoms with Gasteiger partial charge in [-0.2, -0.15) is 0 Å². The quantitative estimate of drug-likeness (QED) is 0.667. The van der Waals surface area contributed by atoms with Crippen molar-refractivity contribution in [1.29, 1.82) is 0 Å². The average Bonchev–Trinajstić information content (AvgIpc) is 2.36. The molecule has 5 heteroatoms. The number of carbonyl (C=O) groups excluding carboxylic acids is 1. The minimum Gasteiger partial charge on any atom is -0.481 e. The molecule has 1 aliphatic carbocycles. The third-order valence-corrected chi connectivity index (χ3v) is 3.63. The van der Waals surface area contributed by atoms with Gasteiger partial charge in [-0.15, -0.1) is 0 Å². The van der Waals surface area contributed by atoms with Crippen LogP contribution in [0.4, 0.5) is 0 Å². The summed E-state index contributed by atoms with van der Waals surface area (Å²) in [5.41, 5.74) is 5.79. The first kappa shape index (κ1) is 15.0. The van der Waals surface area contributed by atoms with Gasteiger partial charge in [-0.3, -0.25) is 9.59 Å². The smallest absolute Gasteiger partial charge is 0.306 e. The highest BCUT2D eigenvalue weighted by atomic mass is 16.4. The normalized spacial score (nSPS) is 25.4. The number of unbranched alkanes of at least 4 members (excludes halogenated alkanes) is 1. The molecule has 1 unspecified atom stereocenters. The van der Waals surface area contributed by atoms with E-state index in [-0.39, 0.29) is 17.9 Å². The SMILES string of the molecule is CCCCC(N)C(=O)NC1CCC(C(=O)O)CC1. The number of aliphatic carboxylic acids is 1. The minimum atomic E-state index is -0.723. The molecule has 1 rings (SSSR count). The van der Waals surface area contributed by atoms with E-state index in [0.717, 1.165) is 25.7 Å². The fraction of sp³-hybridized carbons (Fsp3) is 0.846. The first-order chi connectivity index (χ1) is 8.54.